The van der Waals surface area contributed by atoms with E-state index >= 15 is 8.78 Å². The Morgan fingerprint density at radius 3 is 2.56 bits per heavy atom. The first-order chi connectivity index (χ1) is 19.7. The zero-order valence-electron chi connectivity index (χ0n) is 21.7. The maximum absolute atomic E-state index is 15.3. The SMILES string of the molecule is COCCn1c(Cc2cc(F)c(-c3cccc(OCc4cc(Cl)ccc4F)n3)cc2F)nc2ccc(C(=O)O)cc21. The number of carboxylic acids is 1. The van der Waals surface area contributed by atoms with E-state index in [9.17, 15) is 14.3 Å². The van der Waals surface area contributed by atoms with E-state index in [1.807, 2.05) is 0 Å². The topological polar surface area (TPSA) is 86.5 Å². The number of carboxylic acid groups (broad SMARTS) is 1. The molecule has 2 heterocycles. The molecule has 0 saturated carbocycles. The summed E-state index contributed by atoms with van der Waals surface area (Å²) in [6.07, 6.45) is -0.0500. The van der Waals surface area contributed by atoms with Crippen LogP contribution in [-0.2, 0) is 24.3 Å². The summed E-state index contributed by atoms with van der Waals surface area (Å²) in [6, 6.07) is 15.3. The summed E-state index contributed by atoms with van der Waals surface area (Å²) < 4.78 is 57.2. The molecule has 3 aromatic carbocycles. The molecule has 0 radical (unpaired) electrons. The fourth-order valence-electron chi connectivity index (χ4n) is 4.41. The standard InChI is InChI=1S/C30H23ClF3N3O4/c1-40-10-9-37-27-13-17(30(38)39)5-8-26(27)35-28(37)14-18-12-24(34)21(15-23(18)33)25-3-2-4-29(36-25)41-16-19-11-20(31)6-7-22(19)32/h2-8,11-13,15H,9-10,14,16H2,1H3,(H,38,39). The zero-order valence-corrected chi connectivity index (χ0v) is 22.5. The molecule has 0 aliphatic rings. The van der Waals surface area contributed by atoms with Gasteiger partial charge in [-0.1, -0.05) is 17.7 Å². The number of imidazole rings is 1. The van der Waals surface area contributed by atoms with Crippen LogP contribution in [0.25, 0.3) is 22.3 Å². The van der Waals surface area contributed by atoms with Gasteiger partial charge in [-0.2, -0.15) is 0 Å². The van der Waals surface area contributed by atoms with E-state index in [0.717, 1.165) is 12.1 Å². The van der Waals surface area contributed by atoms with Gasteiger partial charge in [-0.15, -0.1) is 0 Å². The Labute approximate surface area is 237 Å². The minimum absolute atomic E-state index is 0.0500. The van der Waals surface area contributed by atoms with E-state index in [1.165, 1.54) is 49.6 Å². The van der Waals surface area contributed by atoms with Gasteiger partial charge in [-0.3, -0.25) is 0 Å². The van der Waals surface area contributed by atoms with Crippen LogP contribution in [0.5, 0.6) is 5.88 Å². The van der Waals surface area contributed by atoms with Crippen LogP contribution in [0, 0.1) is 17.5 Å². The Bertz CT molecular complexity index is 1760. The highest BCUT2D eigenvalue weighted by molar-refractivity contribution is 6.30. The Morgan fingerprint density at radius 2 is 1.78 bits per heavy atom. The monoisotopic (exact) mass is 581 g/mol. The molecule has 0 unspecified atom stereocenters. The predicted molar refractivity (Wildman–Crippen MR) is 147 cm³/mol. The van der Waals surface area contributed by atoms with Crippen molar-refractivity contribution in [1.29, 1.82) is 0 Å². The number of fused-ring (bicyclic) bond motifs is 1. The van der Waals surface area contributed by atoms with Crippen molar-refractivity contribution in [2.24, 2.45) is 0 Å². The third kappa shape index (κ3) is 6.18. The molecular formula is C30H23ClF3N3O4. The van der Waals surface area contributed by atoms with Gasteiger partial charge in [0.15, 0.2) is 0 Å². The van der Waals surface area contributed by atoms with E-state index in [0.29, 0.717) is 35.0 Å². The van der Waals surface area contributed by atoms with Crippen molar-refractivity contribution in [2.45, 2.75) is 19.6 Å². The normalized spacial score (nSPS) is 11.2. The minimum Gasteiger partial charge on any atom is -0.478 e. The summed E-state index contributed by atoms with van der Waals surface area (Å²) in [7, 11) is 1.53. The van der Waals surface area contributed by atoms with Crippen LogP contribution in [0.2, 0.25) is 5.02 Å². The number of hydrogen-bond donors (Lipinski definition) is 1. The summed E-state index contributed by atoms with van der Waals surface area (Å²) in [5, 5.41) is 9.73. The molecule has 0 fully saturated rings. The number of nitrogens with zero attached hydrogens (tertiary/aromatic N) is 3. The molecule has 41 heavy (non-hydrogen) atoms. The highest BCUT2D eigenvalue weighted by Gasteiger charge is 2.18. The van der Waals surface area contributed by atoms with Crippen LogP contribution in [-0.4, -0.2) is 39.3 Å². The first kappa shape index (κ1) is 28.1. The van der Waals surface area contributed by atoms with Crippen molar-refractivity contribution in [2.75, 3.05) is 13.7 Å². The van der Waals surface area contributed by atoms with Crippen LogP contribution >= 0.6 is 11.6 Å². The van der Waals surface area contributed by atoms with Crippen LogP contribution < -0.4 is 4.74 Å². The first-order valence-electron chi connectivity index (χ1n) is 12.5. The third-order valence-corrected chi connectivity index (χ3v) is 6.70. The fourth-order valence-corrected chi connectivity index (χ4v) is 4.61. The van der Waals surface area contributed by atoms with Crippen molar-refractivity contribution in [3.63, 3.8) is 0 Å². The average Bonchev–Trinajstić information content (AvgIpc) is 3.30. The van der Waals surface area contributed by atoms with Gasteiger partial charge in [0.2, 0.25) is 5.88 Å². The number of pyridine rings is 1. The second-order valence-electron chi connectivity index (χ2n) is 9.17. The smallest absolute Gasteiger partial charge is 0.335 e. The van der Waals surface area contributed by atoms with Crippen molar-refractivity contribution < 1.29 is 32.5 Å². The zero-order chi connectivity index (χ0) is 29.1. The molecule has 5 rings (SSSR count). The van der Waals surface area contributed by atoms with Gasteiger partial charge < -0.3 is 19.1 Å². The van der Waals surface area contributed by atoms with Crippen molar-refractivity contribution >= 4 is 28.6 Å². The summed E-state index contributed by atoms with van der Waals surface area (Å²) in [5.74, 6) is -2.44. The van der Waals surface area contributed by atoms with E-state index in [-0.39, 0.29) is 46.9 Å². The fraction of sp³-hybridized carbons (Fsp3) is 0.167. The summed E-state index contributed by atoms with van der Waals surface area (Å²) >= 11 is 5.92. The molecule has 210 valence electrons. The third-order valence-electron chi connectivity index (χ3n) is 6.46. The van der Waals surface area contributed by atoms with E-state index in [4.69, 9.17) is 21.1 Å². The highest BCUT2D eigenvalue weighted by atomic mass is 35.5. The second kappa shape index (κ2) is 12.0. The molecule has 7 nitrogen and oxygen atoms in total. The van der Waals surface area contributed by atoms with Gasteiger partial charge in [0.1, 0.15) is 29.9 Å². The quantitative estimate of drug-likeness (QED) is 0.198. The Kier molecular flexibility index (Phi) is 8.23. The molecule has 5 aromatic rings. The Hall–Kier alpha value is -4.41. The van der Waals surface area contributed by atoms with Crippen LogP contribution in [0.1, 0.15) is 27.3 Å². The summed E-state index contributed by atoms with van der Waals surface area (Å²) in [6.45, 7) is 0.486. The summed E-state index contributed by atoms with van der Waals surface area (Å²) in [4.78, 5) is 20.3. The molecule has 0 aliphatic heterocycles. The van der Waals surface area contributed by atoms with Crippen LogP contribution in [0.4, 0.5) is 13.2 Å². The Morgan fingerprint density at radius 1 is 0.951 bits per heavy atom. The van der Waals surface area contributed by atoms with E-state index in [2.05, 4.69) is 9.97 Å². The number of aromatic nitrogens is 3. The second-order valence-corrected chi connectivity index (χ2v) is 9.60. The van der Waals surface area contributed by atoms with Crippen LogP contribution in [0.3, 0.4) is 0 Å². The van der Waals surface area contributed by atoms with Gasteiger partial charge in [0.05, 0.1) is 28.9 Å². The molecule has 0 spiro atoms. The summed E-state index contributed by atoms with van der Waals surface area (Å²) in [5.41, 5.74) is 1.49. The highest BCUT2D eigenvalue weighted by Crippen LogP contribution is 2.28. The number of rotatable bonds is 10. The number of ether oxygens (including phenoxy) is 2. The van der Waals surface area contributed by atoms with Gasteiger partial charge >= 0.3 is 5.97 Å². The van der Waals surface area contributed by atoms with Crippen LogP contribution in [0.15, 0.2) is 66.7 Å². The van der Waals surface area contributed by atoms with Gasteiger partial charge in [-0.25, -0.2) is 27.9 Å². The maximum Gasteiger partial charge on any atom is 0.335 e. The van der Waals surface area contributed by atoms with Gasteiger partial charge in [0, 0.05) is 42.3 Å². The number of benzene rings is 3. The largest absolute Gasteiger partial charge is 0.478 e. The minimum atomic E-state index is -1.09. The average molecular weight is 582 g/mol. The molecule has 0 saturated heterocycles. The molecule has 1 N–H and O–H groups in total. The van der Waals surface area contributed by atoms with Crippen molar-refractivity contribution in [3.05, 3.63) is 112 Å². The van der Waals surface area contributed by atoms with Gasteiger partial charge in [-0.05, 0) is 60.2 Å². The molecule has 0 atom stereocenters. The van der Waals surface area contributed by atoms with Crippen molar-refractivity contribution in [1.82, 2.24) is 14.5 Å². The molecule has 0 amide bonds. The van der Waals surface area contributed by atoms with Crippen molar-refractivity contribution in [3.8, 4) is 17.1 Å². The predicted octanol–water partition coefficient (Wildman–Crippen LogP) is 6.68. The number of methoxy groups -OCH3 is 1. The number of hydrogen-bond acceptors (Lipinski definition) is 5. The maximum atomic E-state index is 15.3. The molecule has 11 heteroatoms. The molecule has 0 aliphatic carbocycles. The Balaban J connectivity index is 1.42. The lowest BCUT2D eigenvalue weighted by Crippen LogP contribution is -2.10. The molecule has 0 bridgehead atoms. The molecule has 2 aromatic heterocycles. The van der Waals surface area contributed by atoms with Gasteiger partial charge in [0.25, 0.3) is 0 Å². The first-order valence-corrected chi connectivity index (χ1v) is 12.8. The lowest BCUT2D eigenvalue weighted by molar-refractivity contribution is 0.0697. The molecular weight excluding hydrogens is 559 g/mol. The van der Waals surface area contributed by atoms with E-state index < -0.39 is 23.4 Å². The number of carbonyl (C=O) groups is 1. The lowest BCUT2D eigenvalue weighted by atomic mass is 10.0. The number of halogens is 4. The lowest BCUT2D eigenvalue weighted by Gasteiger charge is -2.12. The van der Waals surface area contributed by atoms with E-state index in [1.54, 1.807) is 16.7 Å². The number of aromatic carboxylic acids is 1.